The molecule has 1 atom stereocenters. The Balaban J connectivity index is 2.89. The van der Waals surface area contributed by atoms with E-state index in [2.05, 4.69) is 9.15 Å². The molecule has 1 aromatic rings. The van der Waals surface area contributed by atoms with Gasteiger partial charge in [-0.3, -0.25) is 0 Å². The summed E-state index contributed by atoms with van der Waals surface area (Å²) >= 11 is 0. The SMILES string of the molecule is COC(=O)C(N)c1ccc(C(F)(F)F)o1. The molecule has 1 heterocycles. The van der Waals surface area contributed by atoms with Crippen LogP contribution in [-0.2, 0) is 15.7 Å². The van der Waals surface area contributed by atoms with Crippen LogP contribution < -0.4 is 5.73 Å². The fourth-order valence-electron chi connectivity index (χ4n) is 0.915. The minimum atomic E-state index is -4.59. The van der Waals surface area contributed by atoms with Crippen molar-refractivity contribution in [2.45, 2.75) is 12.2 Å². The Hall–Kier alpha value is -1.50. The highest BCUT2D eigenvalue weighted by molar-refractivity contribution is 5.76. The molecule has 0 aliphatic heterocycles. The average Bonchev–Trinajstić information content (AvgIpc) is 2.63. The molecule has 2 N–H and O–H groups in total. The molecule has 84 valence electrons. The minimum absolute atomic E-state index is 0.283. The maximum Gasteiger partial charge on any atom is 0.449 e. The van der Waals surface area contributed by atoms with Crippen LogP contribution in [0.1, 0.15) is 17.6 Å². The first kappa shape index (κ1) is 11.6. The molecule has 0 bridgehead atoms. The number of halogens is 3. The number of furan rings is 1. The molecule has 0 radical (unpaired) electrons. The fraction of sp³-hybridized carbons (Fsp3) is 0.375. The highest BCUT2D eigenvalue weighted by Crippen LogP contribution is 2.31. The number of hydrogen-bond acceptors (Lipinski definition) is 4. The van der Waals surface area contributed by atoms with E-state index in [1.165, 1.54) is 0 Å². The number of ether oxygens (including phenoxy) is 1. The van der Waals surface area contributed by atoms with E-state index in [0.29, 0.717) is 6.07 Å². The van der Waals surface area contributed by atoms with E-state index in [1.807, 2.05) is 0 Å². The molecule has 0 amide bonds. The topological polar surface area (TPSA) is 65.5 Å². The summed E-state index contributed by atoms with van der Waals surface area (Å²) in [6.45, 7) is 0. The normalized spacial score (nSPS) is 13.7. The van der Waals surface area contributed by atoms with Crippen molar-refractivity contribution < 1.29 is 27.1 Å². The molecule has 0 fully saturated rings. The lowest BCUT2D eigenvalue weighted by atomic mass is 10.2. The third kappa shape index (κ3) is 2.50. The zero-order valence-corrected chi connectivity index (χ0v) is 7.67. The molecule has 7 heteroatoms. The second kappa shape index (κ2) is 3.93. The Labute approximate surface area is 82.8 Å². The van der Waals surface area contributed by atoms with Gasteiger partial charge in [-0.2, -0.15) is 13.2 Å². The molecular weight excluding hydrogens is 215 g/mol. The molecule has 0 aliphatic rings. The third-order valence-corrected chi connectivity index (χ3v) is 1.67. The van der Waals surface area contributed by atoms with Crippen LogP contribution in [0.3, 0.4) is 0 Å². The second-order valence-electron chi connectivity index (χ2n) is 2.70. The van der Waals surface area contributed by atoms with E-state index in [9.17, 15) is 18.0 Å². The van der Waals surface area contributed by atoms with E-state index in [4.69, 9.17) is 5.73 Å². The van der Waals surface area contributed by atoms with Gasteiger partial charge in [-0.1, -0.05) is 0 Å². The number of carbonyl (C=O) groups excluding carboxylic acids is 1. The third-order valence-electron chi connectivity index (χ3n) is 1.67. The van der Waals surface area contributed by atoms with E-state index in [-0.39, 0.29) is 5.76 Å². The zero-order chi connectivity index (χ0) is 11.6. The van der Waals surface area contributed by atoms with Crippen molar-refractivity contribution in [3.8, 4) is 0 Å². The summed E-state index contributed by atoms with van der Waals surface area (Å²) in [6.07, 6.45) is -4.59. The summed E-state index contributed by atoms with van der Waals surface area (Å²) in [5.41, 5.74) is 5.27. The highest BCUT2D eigenvalue weighted by Gasteiger charge is 2.35. The van der Waals surface area contributed by atoms with Crippen LogP contribution in [-0.4, -0.2) is 13.1 Å². The number of esters is 1. The first-order chi connectivity index (χ1) is 6.86. The van der Waals surface area contributed by atoms with Gasteiger partial charge < -0.3 is 14.9 Å². The Morgan fingerprint density at radius 3 is 2.53 bits per heavy atom. The van der Waals surface area contributed by atoms with Crippen LogP contribution in [0.25, 0.3) is 0 Å². The predicted octanol–water partition coefficient (Wildman–Crippen LogP) is 1.47. The van der Waals surface area contributed by atoms with Crippen LogP contribution in [0.4, 0.5) is 13.2 Å². The highest BCUT2D eigenvalue weighted by atomic mass is 19.4. The molecule has 0 saturated carbocycles. The van der Waals surface area contributed by atoms with Gasteiger partial charge in [0, 0.05) is 0 Å². The van der Waals surface area contributed by atoms with Crippen molar-refractivity contribution in [1.82, 2.24) is 0 Å². The Morgan fingerprint density at radius 2 is 2.13 bits per heavy atom. The lowest BCUT2D eigenvalue weighted by molar-refractivity contribution is -0.154. The largest absolute Gasteiger partial charge is 0.468 e. The smallest absolute Gasteiger partial charge is 0.449 e. The Kier molecular flexibility index (Phi) is 3.04. The summed E-state index contributed by atoms with van der Waals surface area (Å²) in [6, 6.07) is 0.355. The molecule has 0 aromatic carbocycles. The van der Waals surface area contributed by atoms with Crippen molar-refractivity contribution in [2.75, 3.05) is 7.11 Å². The van der Waals surface area contributed by atoms with Crippen molar-refractivity contribution in [2.24, 2.45) is 5.73 Å². The summed E-state index contributed by atoms with van der Waals surface area (Å²) in [7, 11) is 1.08. The molecule has 1 rings (SSSR count). The number of nitrogens with two attached hydrogens (primary N) is 1. The summed E-state index contributed by atoms with van der Waals surface area (Å²) < 4.78 is 44.9. The van der Waals surface area contributed by atoms with Crippen LogP contribution in [0.2, 0.25) is 0 Å². The van der Waals surface area contributed by atoms with Crippen LogP contribution >= 0.6 is 0 Å². The molecule has 1 aromatic heterocycles. The maximum atomic E-state index is 12.1. The predicted molar refractivity (Wildman–Crippen MR) is 42.7 cm³/mol. The van der Waals surface area contributed by atoms with Crippen molar-refractivity contribution in [3.05, 3.63) is 23.7 Å². The number of alkyl halides is 3. The van der Waals surface area contributed by atoms with E-state index in [1.54, 1.807) is 0 Å². The molecule has 0 saturated heterocycles. The fourth-order valence-corrected chi connectivity index (χ4v) is 0.915. The van der Waals surface area contributed by atoms with Crippen molar-refractivity contribution in [1.29, 1.82) is 0 Å². The first-order valence-electron chi connectivity index (χ1n) is 3.86. The number of methoxy groups -OCH3 is 1. The van der Waals surface area contributed by atoms with Gasteiger partial charge in [0.05, 0.1) is 7.11 Å². The molecule has 0 aliphatic carbocycles. The lowest BCUT2D eigenvalue weighted by Crippen LogP contribution is -2.22. The van der Waals surface area contributed by atoms with Gasteiger partial charge >= 0.3 is 12.1 Å². The molecule has 15 heavy (non-hydrogen) atoms. The van der Waals surface area contributed by atoms with E-state index < -0.39 is 23.9 Å². The second-order valence-corrected chi connectivity index (χ2v) is 2.70. The van der Waals surface area contributed by atoms with Crippen LogP contribution in [0.5, 0.6) is 0 Å². The van der Waals surface area contributed by atoms with Gasteiger partial charge in [0.1, 0.15) is 5.76 Å². The molecule has 0 spiro atoms. The van der Waals surface area contributed by atoms with Crippen molar-refractivity contribution in [3.63, 3.8) is 0 Å². The summed E-state index contributed by atoms with van der Waals surface area (Å²) in [4.78, 5) is 10.9. The van der Waals surface area contributed by atoms with E-state index in [0.717, 1.165) is 13.2 Å². The molecule has 1 unspecified atom stereocenters. The molecule has 4 nitrogen and oxygen atoms in total. The average molecular weight is 223 g/mol. The van der Waals surface area contributed by atoms with Crippen LogP contribution in [0, 0.1) is 0 Å². The van der Waals surface area contributed by atoms with Gasteiger partial charge in [-0.25, -0.2) is 4.79 Å². The number of rotatable bonds is 2. The Morgan fingerprint density at radius 1 is 1.53 bits per heavy atom. The number of carbonyl (C=O) groups is 1. The zero-order valence-electron chi connectivity index (χ0n) is 7.67. The van der Waals surface area contributed by atoms with Gasteiger partial charge in [-0.15, -0.1) is 0 Å². The summed E-state index contributed by atoms with van der Waals surface area (Å²) in [5.74, 6) is -2.34. The monoisotopic (exact) mass is 223 g/mol. The van der Waals surface area contributed by atoms with Gasteiger partial charge in [0.15, 0.2) is 6.04 Å². The standard InChI is InChI=1S/C8H8F3NO3/c1-14-7(13)6(12)4-2-3-5(15-4)8(9,10)11/h2-3,6H,12H2,1H3. The summed E-state index contributed by atoms with van der Waals surface area (Å²) in [5, 5.41) is 0. The van der Waals surface area contributed by atoms with Gasteiger partial charge in [-0.05, 0) is 12.1 Å². The minimum Gasteiger partial charge on any atom is -0.468 e. The van der Waals surface area contributed by atoms with E-state index >= 15 is 0 Å². The lowest BCUT2D eigenvalue weighted by Gasteiger charge is -2.06. The maximum absolute atomic E-state index is 12.1. The quantitative estimate of drug-likeness (QED) is 0.771. The van der Waals surface area contributed by atoms with Crippen LogP contribution in [0.15, 0.2) is 16.5 Å². The first-order valence-corrected chi connectivity index (χ1v) is 3.86. The van der Waals surface area contributed by atoms with Gasteiger partial charge in [0.25, 0.3) is 0 Å². The molecular formula is C8H8F3NO3. The van der Waals surface area contributed by atoms with Gasteiger partial charge in [0.2, 0.25) is 5.76 Å². The Bertz CT molecular complexity index is 358. The van der Waals surface area contributed by atoms with Crippen molar-refractivity contribution >= 4 is 5.97 Å². The number of hydrogen-bond donors (Lipinski definition) is 1.